The van der Waals surface area contributed by atoms with E-state index < -0.39 is 33.4 Å². The number of hydrogen-bond donors (Lipinski definition) is 2. The van der Waals surface area contributed by atoms with E-state index in [-0.39, 0.29) is 32.1 Å². The van der Waals surface area contributed by atoms with Crippen molar-refractivity contribution in [3.05, 3.63) is 19.1 Å². The van der Waals surface area contributed by atoms with Crippen LogP contribution in [-0.4, -0.2) is 41.4 Å². The Morgan fingerprint density at radius 2 is 1.95 bits per heavy atom. The van der Waals surface area contributed by atoms with E-state index in [1.807, 2.05) is 0 Å². The Balaban J connectivity index is 4.85. The predicted octanol–water partition coefficient (Wildman–Crippen LogP) is 1.60. The molecule has 0 aromatic rings. The number of carboxylic acids is 1. The highest BCUT2D eigenvalue weighted by atomic mass is 32.2. The number of carboxylic acid groups (broad SMARTS) is 1. The fourth-order valence-corrected chi connectivity index (χ4v) is 2.58. The molecule has 0 amide bonds. The molecule has 2 N–H and O–H groups in total. The van der Waals surface area contributed by atoms with E-state index in [1.165, 1.54) is 6.08 Å². The molecule has 21 heavy (non-hydrogen) atoms. The average molecular weight is 321 g/mol. The third-order valence-electron chi connectivity index (χ3n) is 3.06. The number of allylic oxidation sites excluding steroid dienone is 1. The highest BCUT2D eigenvalue weighted by molar-refractivity contribution is 7.87. The lowest BCUT2D eigenvalue weighted by atomic mass is 9.98. The standard InChI is InChI=1S/C13H21O7S/c1-3-7-12(16)20-10-13(4-2,21(17,18)19)9-6-5-8-11(14)15/h3,7H,2,4-6,8-10H2,1H3,(H,14,15)(H,17,18,19). The van der Waals surface area contributed by atoms with Gasteiger partial charge in [-0.1, -0.05) is 19.4 Å². The molecule has 0 aromatic heterocycles. The monoisotopic (exact) mass is 321 g/mol. The predicted molar refractivity (Wildman–Crippen MR) is 76.1 cm³/mol. The van der Waals surface area contributed by atoms with Gasteiger partial charge < -0.3 is 9.84 Å². The maximum atomic E-state index is 11.6. The second kappa shape index (κ2) is 8.78. The van der Waals surface area contributed by atoms with Crippen LogP contribution in [0.15, 0.2) is 12.2 Å². The van der Waals surface area contributed by atoms with Crippen molar-refractivity contribution in [2.45, 2.75) is 43.8 Å². The van der Waals surface area contributed by atoms with Crippen molar-refractivity contribution in [1.29, 1.82) is 0 Å². The molecule has 0 heterocycles. The Bertz CT molecular complexity index is 481. The molecule has 0 spiro atoms. The summed E-state index contributed by atoms with van der Waals surface area (Å²) in [6, 6.07) is 0. The summed E-state index contributed by atoms with van der Waals surface area (Å²) in [5, 5.41) is 8.54. The largest absolute Gasteiger partial charge is 0.481 e. The summed E-state index contributed by atoms with van der Waals surface area (Å²) < 4.78 is 35.6. The van der Waals surface area contributed by atoms with Gasteiger partial charge in [-0.25, -0.2) is 4.79 Å². The van der Waals surface area contributed by atoms with Crippen LogP contribution in [0.3, 0.4) is 0 Å². The van der Waals surface area contributed by atoms with Crippen molar-refractivity contribution >= 4 is 22.1 Å². The summed E-state index contributed by atoms with van der Waals surface area (Å²) in [6.07, 6.45) is 2.75. The third-order valence-corrected chi connectivity index (χ3v) is 4.68. The molecule has 0 rings (SSSR count). The average Bonchev–Trinajstić information content (AvgIpc) is 2.36. The first-order chi connectivity index (χ1) is 9.68. The SMILES string of the molecule is [CH2]CC(CCCCC(=O)O)(COC(=O)C=CC)S(=O)(=O)O. The lowest BCUT2D eigenvalue weighted by Crippen LogP contribution is -2.43. The van der Waals surface area contributed by atoms with Crippen molar-refractivity contribution in [1.82, 2.24) is 0 Å². The molecule has 0 fully saturated rings. The molecule has 0 bridgehead atoms. The lowest BCUT2D eigenvalue weighted by Gasteiger charge is -2.28. The number of ether oxygens (including phenoxy) is 1. The number of unbranched alkanes of at least 4 members (excludes halogenated alkanes) is 1. The first-order valence-electron chi connectivity index (χ1n) is 6.46. The molecule has 0 aliphatic carbocycles. The van der Waals surface area contributed by atoms with Gasteiger partial charge in [0.05, 0.1) is 0 Å². The van der Waals surface area contributed by atoms with Crippen LogP contribution in [0.2, 0.25) is 0 Å². The summed E-state index contributed by atoms with van der Waals surface area (Å²) in [7, 11) is -4.50. The molecular weight excluding hydrogens is 300 g/mol. The Labute approximate surface area is 124 Å². The van der Waals surface area contributed by atoms with Crippen LogP contribution in [-0.2, 0) is 24.4 Å². The molecule has 1 unspecified atom stereocenters. The maximum absolute atomic E-state index is 11.6. The molecule has 1 radical (unpaired) electrons. The number of carbonyl (C=O) groups is 2. The Morgan fingerprint density at radius 3 is 2.38 bits per heavy atom. The van der Waals surface area contributed by atoms with Crippen LogP contribution in [0, 0.1) is 6.92 Å². The number of hydrogen-bond acceptors (Lipinski definition) is 5. The number of aliphatic carboxylic acids is 1. The maximum Gasteiger partial charge on any atom is 0.330 e. The zero-order valence-corrected chi connectivity index (χ0v) is 12.8. The van der Waals surface area contributed by atoms with Gasteiger partial charge in [0.2, 0.25) is 0 Å². The van der Waals surface area contributed by atoms with Crippen molar-refractivity contribution in [2.75, 3.05) is 6.61 Å². The van der Waals surface area contributed by atoms with Gasteiger partial charge in [-0.05, 0) is 26.2 Å². The van der Waals surface area contributed by atoms with Crippen LogP contribution < -0.4 is 0 Å². The van der Waals surface area contributed by atoms with E-state index in [0.29, 0.717) is 0 Å². The molecule has 8 heteroatoms. The van der Waals surface area contributed by atoms with Gasteiger partial charge in [-0.15, -0.1) is 0 Å². The van der Waals surface area contributed by atoms with Crippen molar-refractivity contribution in [2.24, 2.45) is 0 Å². The van der Waals surface area contributed by atoms with Crippen LogP contribution in [0.1, 0.15) is 39.0 Å². The molecule has 0 aliphatic rings. The smallest absolute Gasteiger partial charge is 0.330 e. The topological polar surface area (TPSA) is 118 Å². The summed E-state index contributed by atoms with van der Waals surface area (Å²) in [4.78, 5) is 21.7. The number of esters is 1. The molecule has 121 valence electrons. The van der Waals surface area contributed by atoms with Crippen molar-refractivity contribution < 1.29 is 32.4 Å². The van der Waals surface area contributed by atoms with Gasteiger partial charge in [0.1, 0.15) is 11.4 Å². The molecule has 0 aliphatic heterocycles. The third kappa shape index (κ3) is 6.72. The van der Waals surface area contributed by atoms with E-state index >= 15 is 0 Å². The highest BCUT2D eigenvalue weighted by Gasteiger charge is 2.42. The fraction of sp³-hybridized carbons (Fsp3) is 0.615. The van der Waals surface area contributed by atoms with Gasteiger partial charge >= 0.3 is 11.9 Å². The normalized spacial score (nSPS) is 14.8. The Kier molecular flexibility index (Phi) is 8.19. The second-order valence-corrected chi connectivity index (χ2v) is 6.43. The quantitative estimate of drug-likeness (QED) is 0.271. The van der Waals surface area contributed by atoms with Gasteiger partial charge in [-0.2, -0.15) is 8.42 Å². The van der Waals surface area contributed by atoms with Gasteiger partial charge in [-0.3, -0.25) is 9.35 Å². The Morgan fingerprint density at radius 1 is 1.33 bits per heavy atom. The number of carbonyl (C=O) groups excluding carboxylic acids is 1. The van der Waals surface area contributed by atoms with Crippen molar-refractivity contribution in [3.63, 3.8) is 0 Å². The van der Waals surface area contributed by atoms with E-state index in [1.54, 1.807) is 6.92 Å². The number of rotatable bonds is 10. The van der Waals surface area contributed by atoms with Gasteiger partial charge in [0.15, 0.2) is 0 Å². The summed E-state index contributed by atoms with van der Waals surface area (Å²) in [5.74, 6) is -1.70. The molecule has 0 aromatic carbocycles. The Hall–Kier alpha value is -1.41. The zero-order chi connectivity index (χ0) is 16.5. The highest BCUT2D eigenvalue weighted by Crippen LogP contribution is 2.28. The lowest BCUT2D eigenvalue weighted by molar-refractivity contribution is -0.139. The van der Waals surface area contributed by atoms with Crippen LogP contribution in [0.5, 0.6) is 0 Å². The van der Waals surface area contributed by atoms with E-state index in [2.05, 4.69) is 6.92 Å². The van der Waals surface area contributed by atoms with Crippen LogP contribution >= 0.6 is 0 Å². The summed E-state index contributed by atoms with van der Waals surface area (Å²) in [6.45, 7) is 4.58. The fourth-order valence-electron chi connectivity index (χ4n) is 1.71. The van der Waals surface area contributed by atoms with Gasteiger partial charge in [0, 0.05) is 12.5 Å². The minimum absolute atomic E-state index is 0.0360. The molecule has 7 nitrogen and oxygen atoms in total. The van der Waals surface area contributed by atoms with Crippen molar-refractivity contribution in [3.8, 4) is 0 Å². The van der Waals surface area contributed by atoms with Gasteiger partial charge in [0.25, 0.3) is 10.1 Å². The first kappa shape index (κ1) is 19.6. The zero-order valence-electron chi connectivity index (χ0n) is 11.9. The molecule has 1 atom stereocenters. The summed E-state index contributed by atoms with van der Waals surface area (Å²) >= 11 is 0. The second-order valence-electron chi connectivity index (χ2n) is 4.62. The minimum Gasteiger partial charge on any atom is -0.481 e. The van der Waals surface area contributed by atoms with E-state index in [0.717, 1.165) is 6.08 Å². The first-order valence-corrected chi connectivity index (χ1v) is 7.90. The molecule has 0 saturated carbocycles. The minimum atomic E-state index is -4.50. The van der Waals surface area contributed by atoms with Crippen LogP contribution in [0.4, 0.5) is 0 Å². The van der Waals surface area contributed by atoms with Crippen LogP contribution in [0.25, 0.3) is 0 Å². The summed E-state index contributed by atoms with van der Waals surface area (Å²) in [5.41, 5.74) is 0. The molecular formula is C13H21O7S. The van der Waals surface area contributed by atoms with E-state index in [4.69, 9.17) is 9.84 Å². The van der Waals surface area contributed by atoms with E-state index in [9.17, 15) is 22.6 Å². The molecule has 0 saturated heterocycles.